The third kappa shape index (κ3) is 3.02. The zero-order valence-electron chi connectivity index (χ0n) is 9.41. The van der Waals surface area contributed by atoms with Crippen LogP contribution in [0.5, 0.6) is 0 Å². The van der Waals surface area contributed by atoms with E-state index in [4.69, 9.17) is 4.74 Å². The summed E-state index contributed by atoms with van der Waals surface area (Å²) in [6.45, 7) is 3.63. The Morgan fingerprint density at radius 3 is 2.93 bits per heavy atom. The molecule has 0 radical (unpaired) electrons. The van der Waals surface area contributed by atoms with E-state index in [2.05, 4.69) is 4.90 Å². The summed E-state index contributed by atoms with van der Waals surface area (Å²) in [4.78, 5) is 14.3. The van der Waals surface area contributed by atoms with E-state index in [0.29, 0.717) is 5.78 Å². The maximum absolute atomic E-state index is 11.9. The summed E-state index contributed by atoms with van der Waals surface area (Å²) in [5.41, 5.74) is 0. The van der Waals surface area contributed by atoms with E-state index < -0.39 is 0 Å². The van der Waals surface area contributed by atoms with Gasteiger partial charge in [0.15, 0.2) is 0 Å². The highest BCUT2D eigenvalue weighted by Gasteiger charge is 2.27. The monoisotopic (exact) mass is 211 g/mol. The fraction of sp³-hybridized carbons (Fsp3) is 0.917. The zero-order valence-corrected chi connectivity index (χ0v) is 9.41. The predicted octanol–water partition coefficient (Wildman–Crippen LogP) is 1.61. The second-order valence-corrected chi connectivity index (χ2v) is 4.58. The van der Waals surface area contributed by atoms with E-state index in [1.807, 2.05) is 0 Å². The zero-order chi connectivity index (χ0) is 10.5. The number of Topliss-reactive ketones (excluding diaryl/α,β-unsaturated/α-hetero) is 1. The highest BCUT2D eigenvalue weighted by atomic mass is 16.5. The van der Waals surface area contributed by atoms with Crippen LogP contribution >= 0.6 is 0 Å². The number of carbonyl (C=O) groups excluding carboxylic acids is 1. The van der Waals surface area contributed by atoms with Crippen LogP contribution in [0.4, 0.5) is 0 Å². The molecule has 86 valence electrons. The molecule has 0 N–H and O–H groups in total. The lowest BCUT2D eigenvalue weighted by Crippen LogP contribution is -2.42. The van der Waals surface area contributed by atoms with Gasteiger partial charge in [0, 0.05) is 26.1 Å². The number of hydrogen-bond donors (Lipinski definition) is 0. The lowest BCUT2D eigenvalue weighted by Gasteiger charge is -2.27. The van der Waals surface area contributed by atoms with Crippen molar-refractivity contribution in [1.29, 1.82) is 0 Å². The molecule has 1 aliphatic carbocycles. The quantitative estimate of drug-likeness (QED) is 0.617. The largest absolute Gasteiger partial charge is 0.380 e. The van der Waals surface area contributed by atoms with E-state index in [1.165, 1.54) is 12.8 Å². The SMILES string of the molecule is O=C1CCCCCC1N1CCCOCC1. The van der Waals surface area contributed by atoms with Gasteiger partial charge in [0.1, 0.15) is 5.78 Å². The molecular formula is C12H21NO2. The summed E-state index contributed by atoms with van der Waals surface area (Å²) in [5, 5.41) is 0. The molecule has 0 aromatic rings. The Balaban J connectivity index is 1.95. The lowest BCUT2D eigenvalue weighted by atomic mass is 10.1. The topological polar surface area (TPSA) is 29.5 Å². The molecule has 0 aromatic carbocycles. The number of rotatable bonds is 1. The van der Waals surface area contributed by atoms with Gasteiger partial charge >= 0.3 is 0 Å². The van der Waals surface area contributed by atoms with Crippen LogP contribution in [-0.4, -0.2) is 43.0 Å². The van der Waals surface area contributed by atoms with Gasteiger partial charge < -0.3 is 4.74 Å². The third-order valence-corrected chi connectivity index (χ3v) is 3.47. The lowest BCUT2D eigenvalue weighted by molar-refractivity contribution is -0.124. The Morgan fingerprint density at radius 2 is 2.00 bits per heavy atom. The first-order valence-corrected chi connectivity index (χ1v) is 6.22. The van der Waals surface area contributed by atoms with Crippen molar-refractivity contribution in [2.45, 2.75) is 44.6 Å². The number of ether oxygens (including phenoxy) is 1. The highest BCUT2D eigenvalue weighted by Crippen LogP contribution is 2.20. The maximum atomic E-state index is 11.9. The van der Waals surface area contributed by atoms with Crippen LogP contribution < -0.4 is 0 Å². The normalized spacial score (nSPS) is 30.9. The van der Waals surface area contributed by atoms with Gasteiger partial charge in [-0.2, -0.15) is 0 Å². The fourth-order valence-corrected chi connectivity index (χ4v) is 2.60. The smallest absolute Gasteiger partial charge is 0.149 e. The van der Waals surface area contributed by atoms with Crippen LogP contribution in [0.25, 0.3) is 0 Å². The van der Waals surface area contributed by atoms with Crippen LogP contribution in [0, 0.1) is 0 Å². The Bertz CT molecular complexity index is 210. The molecule has 1 saturated heterocycles. The molecule has 0 bridgehead atoms. The molecule has 15 heavy (non-hydrogen) atoms. The van der Waals surface area contributed by atoms with Crippen molar-refractivity contribution >= 4 is 5.78 Å². The van der Waals surface area contributed by atoms with Crippen molar-refractivity contribution in [2.75, 3.05) is 26.3 Å². The summed E-state index contributed by atoms with van der Waals surface area (Å²) < 4.78 is 5.43. The Hall–Kier alpha value is -0.410. The molecular weight excluding hydrogens is 190 g/mol. The first kappa shape index (κ1) is 11.1. The van der Waals surface area contributed by atoms with E-state index in [-0.39, 0.29) is 6.04 Å². The molecule has 2 fully saturated rings. The Labute approximate surface area is 91.8 Å². The molecule has 1 aliphatic heterocycles. The van der Waals surface area contributed by atoms with Crippen LogP contribution in [-0.2, 0) is 9.53 Å². The third-order valence-electron chi connectivity index (χ3n) is 3.47. The van der Waals surface area contributed by atoms with Crippen molar-refractivity contribution in [2.24, 2.45) is 0 Å². The van der Waals surface area contributed by atoms with Gasteiger partial charge in [-0.3, -0.25) is 9.69 Å². The number of nitrogens with zero attached hydrogens (tertiary/aromatic N) is 1. The van der Waals surface area contributed by atoms with Crippen molar-refractivity contribution in [3.63, 3.8) is 0 Å². The molecule has 1 saturated carbocycles. The molecule has 0 aromatic heterocycles. The Morgan fingerprint density at radius 1 is 1.07 bits per heavy atom. The summed E-state index contributed by atoms with van der Waals surface area (Å²) >= 11 is 0. The van der Waals surface area contributed by atoms with E-state index in [0.717, 1.165) is 52.0 Å². The molecule has 2 aliphatic rings. The van der Waals surface area contributed by atoms with Gasteiger partial charge in [0.25, 0.3) is 0 Å². The summed E-state index contributed by atoms with van der Waals surface area (Å²) in [7, 11) is 0. The van der Waals surface area contributed by atoms with E-state index in [1.54, 1.807) is 0 Å². The van der Waals surface area contributed by atoms with Gasteiger partial charge in [-0.15, -0.1) is 0 Å². The van der Waals surface area contributed by atoms with Crippen molar-refractivity contribution in [3.05, 3.63) is 0 Å². The van der Waals surface area contributed by atoms with E-state index >= 15 is 0 Å². The molecule has 3 nitrogen and oxygen atoms in total. The summed E-state index contributed by atoms with van der Waals surface area (Å²) in [6.07, 6.45) is 6.48. The number of hydrogen-bond acceptors (Lipinski definition) is 3. The highest BCUT2D eigenvalue weighted by molar-refractivity contribution is 5.84. The summed E-state index contributed by atoms with van der Waals surface area (Å²) in [5.74, 6) is 0.467. The molecule has 0 amide bonds. The molecule has 1 unspecified atom stereocenters. The van der Waals surface area contributed by atoms with Gasteiger partial charge in [-0.05, 0) is 19.3 Å². The predicted molar refractivity (Wildman–Crippen MR) is 58.9 cm³/mol. The Kier molecular flexibility index (Phi) is 4.15. The second-order valence-electron chi connectivity index (χ2n) is 4.58. The van der Waals surface area contributed by atoms with Crippen LogP contribution in [0.1, 0.15) is 38.5 Å². The average molecular weight is 211 g/mol. The average Bonchev–Trinajstić information content (AvgIpc) is 2.59. The first-order valence-electron chi connectivity index (χ1n) is 6.22. The van der Waals surface area contributed by atoms with Crippen LogP contribution in [0.3, 0.4) is 0 Å². The number of ketones is 1. The van der Waals surface area contributed by atoms with Crippen molar-refractivity contribution in [1.82, 2.24) is 4.90 Å². The van der Waals surface area contributed by atoms with Crippen LogP contribution in [0.15, 0.2) is 0 Å². The van der Waals surface area contributed by atoms with Crippen LogP contribution in [0.2, 0.25) is 0 Å². The molecule has 1 heterocycles. The van der Waals surface area contributed by atoms with Gasteiger partial charge in [-0.25, -0.2) is 0 Å². The fourth-order valence-electron chi connectivity index (χ4n) is 2.60. The molecule has 0 spiro atoms. The first-order chi connectivity index (χ1) is 7.38. The molecule has 2 rings (SSSR count). The molecule has 3 heteroatoms. The second kappa shape index (κ2) is 5.61. The summed E-state index contributed by atoms with van der Waals surface area (Å²) in [6, 6.07) is 0.203. The van der Waals surface area contributed by atoms with Gasteiger partial charge in [0.05, 0.1) is 12.6 Å². The number of carbonyl (C=O) groups is 1. The van der Waals surface area contributed by atoms with Gasteiger partial charge in [-0.1, -0.05) is 12.8 Å². The van der Waals surface area contributed by atoms with Gasteiger partial charge in [0.2, 0.25) is 0 Å². The maximum Gasteiger partial charge on any atom is 0.149 e. The van der Waals surface area contributed by atoms with Crippen molar-refractivity contribution < 1.29 is 9.53 Å². The molecule has 1 atom stereocenters. The van der Waals surface area contributed by atoms with E-state index in [9.17, 15) is 4.79 Å². The minimum Gasteiger partial charge on any atom is -0.380 e. The van der Waals surface area contributed by atoms with Crippen molar-refractivity contribution in [3.8, 4) is 0 Å². The minimum absolute atomic E-state index is 0.203. The standard InChI is InChI=1S/C12H21NO2/c14-12-6-3-1-2-5-11(12)13-7-4-9-15-10-8-13/h11H,1-10H2. The minimum atomic E-state index is 0.203.